The van der Waals surface area contributed by atoms with Crippen LogP contribution >= 0.6 is 0 Å². The van der Waals surface area contributed by atoms with E-state index < -0.39 is 34.5 Å². The normalized spacial score (nSPS) is 15.2. The number of aromatic nitrogens is 5. The van der Waals surface area contributed by atoms with Crippen molar-refractivity contribution >= 4 is 17.0 Å². The lowest BCUT2D eigenvalue weighted by molar-refractivity contribution is -0.140. The van der Waals surface area contributed by atoms with Crippen LogP contribution in [0.3, 0.4) is 0 Å². The zero-order chi connectivity index (χ0) is 24.9. The zero-order valence-corrected chi connectivity index (χ0v) is 18.9. The summed E-state index contributed by atoms with van der Waals surface area (Å²) >= 11 is 0. The van der Waals surface area contributed by atoms with Gasteiger partial charge in [0.25, 0.3) is 0 Å². The first-order valence-corrected chi connectivity index (χ1v) is 11.1. The zero-order valence-electron chi connectivity index (χ0n) is 18.9. The third-order valence-corrected chi connectivity index (χ3v) is 6.50. The number of hydrogen-bond acceptors (Lipinski definition) is 5. The molecule has 11 heteroatoms. The molecule has 0 aliphatic carbocycles. The molecule has 0 atom stereocenters. The van der Waals surface area contributed by atoms with Gasteiger partial charge in [-0.05, 0) is 49.4 Å². The van der Waals surface area contributed by atoms with E-state index in [2.05, 4.69) is 20.1 Å². The molecule has 1 aliphatic heterocycles. The van der Waals surface area contributed by atoms with Crippen molar-refractivity contribution in [1.82, 2.24) is 24.7 Å². The number of alkyl halides is 3. The minimum atomic E-state index is -4.98. The van der Waals surface area contributed by atoms with Gasteiger partial charge in [0.1, 0.15) is 17.3 Å². The monoisotopic (exact) mass is 488 g/mol. The minimum absolute atomic E-state index is 0.0726. The molecule has 4 aromatic rings. The van der Waals surface area contributed by atoms with Gasteiger partial charge in [-0.15, -0.1) is 0 Å². The largest absolute Gasteiger partial charge is 0.419 e. The lowest BCUT2D eigenvalue weighted by Crippen LogP contribution is -2.34. The highest BCUT2D eigenvalue weighted by Crippen LogP contribution is 2.39. The number of nitrogens with zero attached hydrogens (tertiary/aromatic N) is 6. The van der Waals surface area contributed by atoms with Crippen molar-refractivity contribution in [3.8, 4) is 11.3 Å². The lowest BCUT2D eigenvalue weighted by Gasteiger charge is -2.32. The maximum Gasteiger partial charge on any atom is 0.419 e. The van der Waals surface area contributed by atoms with E-state index in [0.29, 0.717) is 23.6 Å². The average molecular weight is 488 g/mol. The van der Waals surface area contributed by atoms with Crippen LogP contribution in [0.25, 0.3) is 22.3 Å². The summed E-state index contributed by atoms with van der Waals surface area (Å²) in [6.45, 7) is 2.42. The molecule has 1 saturated heterocycles. The number of fused-ring (bicyclic) bond motifs is 1. The third-order valence-electron chi connectivity index (χ3n) is 6.50. The maximum atomic E-state index is 14.9. The van der Waals surface area contributed by atoms with E-state index in [4.69, 9.17) is 0 Å². The summed E-state index contributed by atoms with van der Waals surface area (Å²) in [6, 6.07) is 4.48. The molecule has 4 heterocycles. The maximum absolute atomic E-state index is 14.9. The molecule has 6 nitrogen and oxygen atoms in total. The number of aryl methyl sites for hydroxylation is 1. The van der Waals surface area contributed by atoms with Gasteiger partial charge in [-0.1, -0.05) is 0 Å². The first-order valence-electron chi connectivity index (χ1n) is 11.1. The molecule has 0 bridgehead atoms. The fraction of sp³-hybridized carbons (Fsp3) is 0.333. The summed E-state index contributed by atoms with van der Waals surface area (Å²) < 4.78 is 70.5. The van der Waals surface area contributed by atoms with Crippen LogP contribution in [-0.4, -0.2) is 37.8 Å². The molecular weight excluding hydrogens is 467 g/mol. The number of halogens is 5. The van der Waals surface area contributed by atoms with Crippen LogP contribution < -0.4 is 4.90 Å². The minimum Gasteiger partial charge on any atom is -0.341 e. The third kappa shape index (κ3) is 4.08. The molecule has 0 unspecified atom stereocenters. The standard InChI is InChI=1S/C24H21F5N6/c1-13-19(25)16(11-18(20(13)26)24(27,28)29)21-17-12-31-23(32-22(17)34(2)33-21)35-9-5-15(6-10-35)14-3-7-30-8-4-14/h3-4,7-8,11-12,15H,5-6,9-10H2,1-2H3. The fourth-order valence-electron chi connectivity index (χ4n) is 4.58. The second-order valence-corrected chi connectivity index (χ2v) is 8.64. The molecular formula is C24H21F5N6. The summed E-state index contributed by atoms with van der Waals surface area (Å²) in [7, 11) is 1.57. The summed E-state index contributed by atoms with van der Waals surface area (Å²) in [5, 5.41) is 4.49. The average Bonchev–Trinajstić information content (AvgIpc) is 3.18. The highest BCUT2D eigenvalue weighted by Gasteiger charge is 2.37. The predicted octanol–water partition coefficient (Wildman–Crippen LogP) is 5.41. The Morgan fingerprint density at radius 3 is 2.37 bits per heavy atom. The Labute approximate surface area is 197 Å². The predicted molar refractivity (Wildman–Crippen MR) is 120 cm³/mol. The first-order chi connectivity index (χ1) is 16.6. The van der Waals surface area contributed by atoms with Gasteiger partial charge in [-0.25, -0.2) is 18.4 Å². The van der Waals surface area contributed by atoms with Gasteiger partial charge in [0, 0.05) is 49.9 Å². The topological polar surface area (TPSA) is 59.7 Å². The molecule has 0 amide bonds. The van der Waals surface area contributed by atoms with E-state index in [0.717, 1.165) is 32.9 Å². The van der Waals surface area contributed by atoms with E-state index in [1.165, 1.54) is 16.4 Å². The molecule has 0 spiro atoms. The fourth-order valence-corrected chi connectivity index (χ4v) is 4.58. The number of hydrogen-bond donors (Lipinski definition) is 0. The summed E-state index contributed by atoms with van der Waals surface area (Å²) in [5.74, 6) is -1.86. The Kier molecular flexibility index (Phi) is 5.65. The SMILES string of the molecule is Cc1c(F)c(-c2nn(C)c3nc(N4CCC(c5ccncc5)CC4)ncc23)cc(C(F)(F)F)c1F. The molecule has 5 rings (SSSR count). The van der Waals surface area contributed by atoms with Crippen molar-refractivity contribution in [2.24, 2.45) is 7.05 Å². The molecule has 3 aromatic heterocycles. The Balaban J connectivity index is 1.48. The Hall–Kier alpha value is -3.63. The summed E-state index contributed by atoms with van der Waals surface area (Å²) in [5.41, 5.74) is -1.20. The van der Waals surface area contributed by atoms with Crippen LogP contribution in [0.1, 0.15) is 35.4 Å². The second-order valence-electron chi connectivity index (χ2n) is 8.64. The highest BCUT2D eigenvalue weighted by atomic mass is 19.4. The van der Waals surface area contributed by atoms with Crippen LogP contribution in [0.4, 0.5) is 27.9 Å². The summed E-state index contributed by atoms with van der Waals surface area (Å²) in [6.07, 6.45) is 1.82. The molecule has 35 heavy (non-hydrogen) atoms. The molecule has 1 aromatic carbocycles. The van der Waals surface area contributed by atoms with Crippen LogP contribution in [0, 0.1) is 18.6 Å². The molecule has 0 N–H and O–H groups in total. The Bertz CT molecular complexity index is 1390. The van der Waals surface area contributed by atoms with Crippen LogP contribution in [-0.2, 0) is 13.2 Å². The Morgan fingerprint density at radius 1 is 1.03 bits per heavy atom. The van der Waals surface area contributed by atoms with Crippen LogP contribution in [0.5, 0.6) is 0 Å². The number of benzene rings is 1. The van der Waals surface area contributed by atoms with Gasteiger partial charge in [-0.2, -0.15) is 23.3 Å². The quantitative estimate of drug-likeness (QED) is 0.361. The molecule has 1 fully saturated rings. The van der Waals surface area contributed by atoms with Crippen molar-refractivity contribution in [2.75, 3.05) is 18.0 Å². The number of pyridine rings is 1. The lowest BCUT2D eigenvalue weighted by atomic mass is 9.90. The van der Waals surface area contributed by atoms with Crippen LogP contribution in [0.15, 0.2) is 36.8 Å². The second kappa shape index (κ2) is 8.54. The van der Waals surface area contributed by atoms with Crippen molar-refractivity contribution in [3.05, 3.63) is 65.1 Å². The van der Waals surface area contributed by atoms with Crippen molar-refractivity contribution < 1.29 is 22.0 Å². The molecule has 1 aliphatic rings. The number of rotatable bonds is 3. The van der Waals surface area contributed by atoms with Crippen molar-refractivity contribution in [2.45, 2.75) is 31.9 Å². The highest BCUT2D eigenvalue weighted by molar-refractivity contribution is 5.91. The van der Waals surface area contributed by atoms with E-state index in [1.54, 1.807) is 19.4 Å². The van der Waals surface area contributed by atoms with Gasteiger partial charge in [0.2, 0.25) is 5.95 Å². The smallest absolute Gasteiger partial charge is 0.341 e. The van der Waals surface area contributed by atoms with Gasteiger partial charge in [0.05, 0.1) is 10.9 Å². The van der Waals surface area contributed by atoms with Crippen molar-refractivity contribution in [1.29, 1.82) is 0 Å². The summed E-state index contributed by atoms with van der Waals surface area (Å²) in [4.78, 5) is 15.1. The molecule has 0 saturated carbocycles. The van der Waals surface area contributed by atoms with E-state index in [1.807, 2.05) is 17.0 Å². The molecule has 182 valence electrons. The van der Waals surface area contributed by atoms with Gasteiger partial charge in [0.15, 0.2) is 5.65 Å². The van der Waals surface area contributed by atoms with Gasteiger partial charge < -0.3 is 4.90 Å². The molecule has 0 radical (unpaired) electrons. The Morgan fingerprint density at radius 2 is 1.71 bits per heavy atom. The van der Waals surface area contributed by atoms with Gasteiger partial charge >= 0.3 is 6.18 Å². The van der Waals surface area contributed by atoms with Gasteiger partial charge in [-0.3, -0.25) is 4.98 Å². The number of piperidine rings is 1. The van der Waals surface area contributed by atoms with Crippen LogP contribution in [0.2, 0.25) is 0 Å². The first kappa shape index (κ1) is 23.1. The van der Waals surface area contributed by atoms with E-state index in [9.17, 15) is 22.0 Å². The van der Waals surface area contributed by atoms with E-state index >= 15 is 0 Å². The number of anilines is 1. The van der Waals surface area contributed by atoms with E-state index in [-0.39, 0.29) is 11.1 Å². The van der Waals surface area contributed by atoms with Crippen molar-refractivity contribution in [3.63, 3.8) is 0 Å².